The van der Waals surface area contributed by atoms with Crippen LogP contribution in [0.5, 0.6) is 0 Å². The van der Waals surface area contributed by atoms with E-state index in [9.17, 15) is 0 Å². The van der Waals surface area contributed by atoms with Crippen LogP contribution in [-0.2, 0) is 5.41 Å². The van der Waals surface area contributed by atoms with Gasteiger partial charge in [-0.25, -0.2) is 0 Å². The van der Waals surface area contributed by atoms with E-state index in [0.717, 1.165) is 46.8 Å². The number of benzene rings is 8. The molecule has 3 aliphatic carbocycles. The van der Waals surface area contributed by atoms with Crippen LogP contribution in [-0.4, -0.2) is 0 Å². The number of rotatable bonds is 10. The van der Waals surface area contributed by atoms with Crippen LogP contribution >= 0.6 is 0 Å². The van der Waals surface area contributed by atoms with Crippen molar-refractivity contribution in [3.05, 3.63) is 245 Å². The molecule has 320 valence electrons. The first-order valence-electron chi connectivity index (χ1n) is 23.4. The number of fused-ring (bicyclic) bond motifs is 3. The topological polar surface area (TPSA) is 6.48 Å². The standard InChI is InChI=1S/C64H54N2/c1-7-18-55-44(8-2)21-17-28-61(55)66(48-24-13-10-14-25-48)52-35-38-57-56-37-34-51(40-59(56)64(5,6)60(57)41-52)65(49-31-29-46(30-32-49)45-19-11-9-12-20-45)50-33-36-53(42(3)39-50)62-43(4)54-26-15-22-47-23-16-27-58(62)63(47)54/h7-9,11-13,15-41H,2,10,14H2,1,3-6H3/b18-7-. The van der Waals surface area contributed by atoms with Crippen LogP contribution in [0.25, 0.3) is 56.3 Å². The molecule has 0 atom stereocenters. The number of hydrogen-bond acceptors (Lipinski definition) is 2. The third-order valence-corrected chi connectivity index (χ3v) is 14.2. The lowest BCUT2D eigenvalue weighted by molar-refractivity contribution is 0.660. The molecular weight excluding hydrogens is 797 g/mol. The maximum absolute atomic E-state index is 4.18. The van der Waals surface area contributed by atoms with Crippen molar-refractivity contribution in [3.8, 4) is 22.3 Å². The van der Waals surface area contributed by atoms with Gasteiger partial charge in [0, 0.05) is 39.4 Å². The van der Waals surface area contributed by atoms with E-state index in [2.05, 4.69) is 245 Å². The molecule has 8 aromatic carbocycles. The largest absolute Gasteiger partial charge is 0.310 e. The first-order chi connectivity index (χ1) is 32.2. The van der Waals surface area contributed by atoms with Crippen LogP contribution in [0.2, 0.25) is 0 Å². The molecule has 3 aliphatic rings. The Bertz CT molecular complexity index is 3370. The smallest absolute Gasteiger partial charge is 0.0539 e. The molecule has 0 heterocycles. The van der Waals surface area contributed by atoms with Gasteiger partial charge >= 0.3 is 0 Å². The summed E-state index contributed by atoms with van der Waals surface area (Å²) in [7, 11) is 0. The number of allylic oxidation sites excluding steroid dienone is 5. The first kappa shape index (κ1) is 41.1. The molecule has 0 unspecified atom stereocenters. The summed E-state index contributed by atoms with van der Waals surface area (Å²) in [5, 5.41) is 2.66. The van der Waals surface area contributed by atoms with Crippen molar-refractivity contribution < 1.29 is 0 Å². The fraction of sp³-hybridized carbons (Fsp3) is 0.125. The maximum atomic E-state index is 4.18. The molecule has 0 saturated carbocycles. The van der Waals surface area contributed by atoms with Gasteiger partial charge in [0.1, 0.15) is 0 Å². The first-order valence-corrected chi connectivity index (χ1v) is 23.4. The second-order valence-corrected chi connectivity index (χ2v) is 18.5. The quantitative estimate of drug-likeness (QED) is 0.135. The van der Waals surface area contributed by atoms with Gasteiger partial charge < -0.3 is 9.80 Å². The number of anilines is 5. The Morgan fingerprint density at radius 1 is 0.561 bits per heavy atom. The van der Waals surface area contributed by atoms with E-state index in [0.29, 0.717) is 0 Å². The van der Waals surface area contributed by atoms with Gasteiger partial charge in [0.15, 0.2) is 0 Å². The molecule has 8 aromatic rings. The highest BCUT2D eigenvalue weighted by Crippen LogP contribution is 2.53. The zero-order chi connectivity index (χ0) is 45.1. The number of aryl methyl sites for hydroxylation is 1. The Hall–Kier alpha value is -7.68. The minimum Gasteiger partial charge on any atom is -0.310 e. The highest BCUT2D eigenvalue weighted by atomic mass is 15.2. The van der Waals surface area contributed by atoms with Crippen LogP contribution in [0, 0.1) is 6.92 Å². The zero-order valence-electron chi connectivity index (χ0n) is 38.6. The number of nitrogens with zero attached hydrogens (tertiary/aromatic N) is 2. The predicted octanol–water partition coefficient (Wildman–Crippen LogP) is 17.9. The second-order valence-electron chi connectivity index (χ2n) is 18.5. The van der Waals surface area contributed by atoms with Gasteiger partial charge in [-0.3, -0.25) is 0 Å². The molecule has 2 heteroatoms. The minimum absolute atomic E-state index is 0.265. The molecule has 0 aromatic heterocycles. The third-order valence-electron chi connectivity index (χ3n) is 14.2. The Morgan fingerprint density at radius 2 is 1.18 bits per heavy atom. The van der Waals surface area contributed by atoms with E-state index in [1.54, 1.807) is 0 Å². The molecule has 0 spiro atoms. The van der Waals surface area contributed by atoms with E-state index in [1.807, 2.05) is 6.08 Å². The van der Waals surface area contributed by atoms with E-state index in [-0.39, 0.29) is 5.41 Å². The normalized spacial score (nSPS) is 14.4. The highest BCUT2D eigenvalue weighted by Gasteiger charge is 2.37. The van der Waals surface area contributed by atoms with E-state index < -0.39 is 0 Å². The van der Waals surface area contributed by atoms with Gasteiger partial charge in [0.25, 0.3) is 0 Å². The zero-order valence-corrected chi connectivity index (χ0v) is 38.6. The summed E-state index contributed by atoms with van der Waals surface area (Å²) in [5.74, 6) is 0. The molecule has 0 fully saturated rings. The van der Waals surface area contributed by atoms with Crippen molar-refractivity contribution in [1.29, 1.82) is 0 Å². The summed E-state index contributed by atoms with van der Waals surface area (Å²) in [4.78, 5) is 4.89. The second kappa shape index (κ2) is 16.4. The van der Waals surface area contributed by atoms with Gasteiger partial charge in [-0.2, -0.15) is 0 Å². The lowest BCUT2D eigenvalue weighted by Gasteiger charge is -2.31. The minimum atomic E-state index is -0.265. The average molecular weight is 851 g/mol. The van der Waals surface area contributed by atoms with Gasteiger partial charge in [0.2, 0.25) is 0 Å². The Balaban J connectivity index is 1.02. The van der Waals surface area contributed by atoms with Gasteiger partial charge in [-0.15, -0.1) is 0 Å². The molecule has 0 radical (unpaired) electrons. The molecule has 0 N–H and O–H groups in total. The van der Waals surface area contributed by atoms with Gasteiger partial charge in [-0.1, -0.05) is 160 Å². The molecule has 0 bridgehead atoms. The highest BCUT2D eigenvalue weighted by molar-refractivity contribution is 6.17. The van der Waals surface area contributed by atoms with Crippen LogP contribution in [0.4, 0.5) is 28.4 Å². The van der Waals surface area contributed by atoms with Crippen molar-refractivity contribution in [2.45, 2.75) is 52.9 Å². The van der Waals surface area contributed by atoms with Crippen molar-refractivity contribution in [1.82, 2.24) is 0 Å². The van der Waals surface area contributed by atoms with Crippen LogP contribution in [0.15, 0.2) is 200 Å². The lowest BCUT2D eigenvalue weighted by atomic mass is 9.82. The van der Waals surface area contributed by atoms with Gasteiger partial charge in [-0.05, 0) is 177 Å². The van der Waals surface area contributed by atoms with Crippen molar-refractivity contribution in [3.63, 3.8) is 0 Å². The fourth-order valence-electron chi connectivity index (χ4n) is 11.0. The molecule has 0 aliphatic heterocycles. The third kappa shape index (κ3) is 6.71. The van der Waals surface area contributed by atoms with Crippen molar-refractivity contribution >= 4 is 62.5 Å². The average Bonchev–Trinajstić information content (AvgIpc) is 3.76. The molecular formula is C64H54N2. The van der Waals surface area contributed by atoms with Crippen molar-refractivity contribution in [2.75, 3.05) is 9.80 Å². The molecule has 2 nitrogen and oxygen atoms in total. The molecule has 66 heavy (non-hydrogen) atoms. The summed E-state index contributed by atoms with van der Waals surface area (Å²) in [5.41, 5.74) is 24.4. The Labute approximate surface area is 390 Å². The summed E-state index contributed by atoms with van der Waals surface area (Å²) in [6, 6.07) is 61.0. The molecule has 0 saturated heterocycles. The van der Waals surface area contributed by atoms with Crippen LogP contribution in [0.3, 0.4) is 0 Å². The SMILES string of the molecule is C=Cc1cccc(N(C2=CCCC=C2)c2ccc3c(c2)C(C)(C)c2cc(N(c4ccc(-c5ccccc5)cc4)c4ccc(C5=C(C)c6cccc7cccc5c67)c(C)c4)ccc2-3)c1/C=C\C. The van der Waals surface area contributed by atoms with Crippen LogP contribution in [0.1, 0.15) is 85.0 Å². The maximum Gasteiger partial charge on any atom is 0.0539 e. The van der Waals surface area contributed by atoms with Gasteiger partial charge in [0.05, 0.1) is 5.69 Å². The van der Waals surface area contributed by atoms with E-state index in [1.165, 1.54) is 88.8 Å². The lowest BCUT2D eigenvalue weighted by Crippen LogP contribution is -2.20. The Kier molecular flexibility index (Phi) is 10.2. The van der Waals surface area contributed by atoms with E-state index in [4.69, 9.17) is 0 Å². The van der Waals surface area contributed by atoms with E-state index >= 15 is 0 Å². The summed E-state index contributed by atoms with van der Waals surface area (Å²) >= 11 is 0. The number of hydrogen-bond donors (Lipinski definition) is 0. The Morgan fingerprint density at radius 3 is 1.83 bits per heavy atom. The molecule has 0 amide bonds. The van der Waals surface area contributed by atoms with Crippen molar-refractivity contribution in [2.24, 2.45) is 0 Å². The summed E-state index contributed by atoms with van der Waals surface area (Å²) in [6.07, 6.45) is 15.3. The summed E-state index contributed by atoms with van der Waals surface area (Å²) < 4.78 is 0. The fourth-order valence-corrected chi connectivity index (χ4v) is 11.0. The van der Waals surface area contributed by atoms with Crippen LogP contribution < -0.4 is 9.80 Å². The predicted molar refractivity (Wildman–Crippen MR) is 284 cm³/mol. The summed E-state index contributed by atoms with van der Waals surface area (Å²) in [6.45, 7) is 15.6. The molecule has 11 rings (SSSR count). The monoisotopic (exact) mass is 850 g/mol.